The van der Waals surface area contributed by atoms with Gasteiger partial charge in [-0.15, -0.1) is 35.3 Å². The van der Waals surface area contributed by atoms with Gasteiger partial charge >= 0.3 is 0 Å². The Morgan fingerprint density at radius 2 is 1.97 bits per heavy atom. The summed E-state index contributed by atoms with van der Waals surface area (Å²) in [6.45, 7) is 1.03. The van der Waals surface area contributed by atoms with Gasteiger partial charge in [-0.2, -0.15) is 0 Å². The number of benzene rings is 2. The van der Waals surface area contributed by atoms with Crippen LogP contribution in [0, 0.1) is 0 Å². The Morgan fingerprint density at radius 1 is 1.13 bits per heavy atom. The van der Waals surface area contributed by atoms with Crippen molar-refractivity contribution >= 4 is 51.5 Å². The molecule has 154 valence electrons. The molecule has 30 heavy (non-hydrogen) atoms. The molecule has 3 heterocycles. The molecule has 0 radical (unpaired) electrons. The number of fused-ring (bicyclic) bond motifs is 2. The van der Waals surface area contributed by atoms with Crippen molar-refractivity contribution in [3.63, 3.8) is 0 Å². The van der Waals surface area contributed by atoms with E-state index in [1.54, 1.807) is 11.3 Å². The van der Waals surface area contributed by atoms with Gasteiger partial charge in [0.05, 0.1) is 22.9 Å². The van der Waals surface area contributed by atoms with Crippen LogP contribution in [-0.4, -0.2) is 17.6 Å². The molecule has 0 bridgehead atoms. The van der Waals surface area contributed by atoms with Crippen LogP contribution in [0.15, 0.2) is 70.1 Å². The van der Waals surface area contributed by atoms with Gasteiger partial charge in [0.2, 0.25) is 0 Å². The molecular formula is C22H21IN4O2S. The average Bonchev–Trinajstić information content (AvgIpc) is 3.39. The molecule has 8 heteroatoms. The lowest BCUT2D eigenvalue weighted by Crippen LogP contribution is -2.37. The van der Waals surface area contributed by atoms with Gasteiger partial charge in [-0.05, 0) is 30.3 Å². The second-order valence-corrected chi connectivity index (χ2v) is 7.86. The van der Waals surface area contributed by atoms with Crippen LogP contribution in [-0.2, 0) is 6.54 Å². The molecule has 1 aliphatic rings. The van der Waals surface area contributed by atoms with Gasteiger partial charge in [-0.3, -0.25) is 0 Å². The molecule has 0 fully saturated rings. The molecule has 0 amide bonds. The number of furan rings is 1. The van der Waals surface area contributed by atoms with Crippen LogP contribution in [0.2, 0.25) is 0 Å². The molecule has 1 aliphatic heterocycles. The van der Waals surface area contributed by atoms with Gasteiger partial charge in [0.1, 0.15) is 18.1 Å². The highest BCUT2D eigenvalue weighted by molar-refractivity contribution is 14.0. The minimum atomic E-state index is 0. The molecule has 6 nitrogen and oxygen atoms in total. The van der Waals surface area contributed by atoms with Gasteiger partial charge in [0.15, 0.2) is 16.7 Å². The normalized spacial score (nSPS) is 15.9. The number of nitrogens with zero attached hydrogens (tertiary/aromatic N) is 2. The van der Waals surface area contributed by atoms with Crippen LogP contribution in [0.25, 0.3) is 21.0 Å². The summed E-state index contributed by atoms with van der Waals surface area (Å²) in [6.07, 6.45) is 0.843. The van der Waals surface area contributed by atoms with Gasteiger partial charge in [0.25, 0.3) is 0 Å². The van der Waals surface area contributed by atoms with Gasteiger partial charge in [-0.1, -0.05) is 30.3 Å². The molecule has 0 spiro atoms. The summed E-state index contributed by atoms with van der Waals surface area (Å²) >= 11 is 1.62. The fourth-order valence-corrected chi connectivity index (χ4v) is 4.36. The zero-order valence-corrected chi connectivity index (χ0v) is 19.2. The number of halogens is 1. The fourth-order valence-electron chi connectivity index (χ4n) is 3.43. The number of aromatic nitrogens is 1. The molecule has 4 aromatic rings. The van der Waals surface area contributed by atoms with E-state index in [4.69, 9.17) is 14.9 Å². The van der Waals surface area contributed by atoms with E-state index < -0.39 is 0 Å². The molecule has 0 aliphatic carbocycles. The smallest absolute Gasteiger partial charge is 0.189 e. The Bertz CT molecular complexity index is 1150. The van der Waals surface area contributed by atoms with Crippen molar-refractivity contribution in [1.29, 1.82) is 0 Å². The van der Waals surface area contributed by atoms with Crippen LogP contribution in [0.1, 0.15) is 23.8 Å². The van der Waals surface area contributed by atoms with Crippen molar-refractivity contribution in [1.82, 2.24) is 10.3 Å². The number of thiazole rings is 1. The van der Waals surface area contributed by atoms with Gasteiger partial charge < -0.3 is 20.2 Å². The first kappa shape index (κ1) is 20.7. The lowest BCUT2D eigenvalue weighted by atomic mass is 10.0. The number of nitrogens with one attached hydrogen (secondary N) is 1. The zero-order chi connectivity index (χ0) is 19.6. The van der Waals surface area contributed by atoms with E-state index in [2.05, 4.69) is 27.4 Å². The van der Waals surface area contributed by atoms with Crippen LogP contribution < -0.4 is 15.8 Å². The third-order valence-electron chi connectivity index (χ3n) is 4.85. The summed E-state index contributed by atoms with van der Waals surface area (Å²) in [5.41, 5.74) is 8.21. The largest absolute Gasteiger partial charge is 0.493 e. The minimum Gasteiger partial charge on any atom is -0.493 e. The quantitative estimate of drug-likeness (QED) is 0.217. The second kappa shape index (κ2) is 9.05. The van der Waals surface area contributed by atoms with E-state index >= 15 is 0 Å². The molecule has 0 saturated heterocycles. The predicted molar refractivity (Wildman–Crippen MR) is 130 cm³/mol. The number of ether oxygens (including phenoxy) is 1. The van der Waals surface area contributed by atoms with E-state index in [-0.39, 0.29) is 30.0 Å². The molecule has 3 N–H and O–H groups in total. The second-order valence-electron chi connectivity index (χ2n) is 6.83. The molecule has 1 unspecified atom stereocenters. The minimum absolute atomic E-state index is 0. The van der Waals surface area contributed by atoms with Crippen LogP contribution in [0.5, 0.6) is 5.75 Å². The maximum atomic E-state index is 6.12. The Kier molecular flexibility index (Phi) is 6.24. The maximum absolute atomic E-state index is 6.12. The van der Waals surface area contributed by atoms with Crippen LogP contribution in [0.3, 0.4) is 0 Å². The number of nitrogens with two attached hydrogens (primary N) is 1. The number of aliphatic imine (C=N–C) groups is 1. The first-order valence-corrected chi connectivity index (χ1v) is 10.3. The van der Waals surface area contributed by atoms with Crippen molar-refractivity contribution in [3.8, 4) is 16.5 Å². The number of para-hydroxylation sites is 2. The Morgan fingerprint density at radius 3 is 2.87 bits per heavy atom. The molecule has 2 aromatic heterocycles. The SMILES string of the molecule is I.NC(=NCc1ccc(-c2nc3ccccc3s2)o1)NC1CCOc2ccccc21. The molecular weight excluding hydrogens is 511 g/mol. The molecule has 5 rings (SSSR count). The maximum Gasteiger partial charge on any atom is 0.189 e. The Labute approximate surface area is 195 Å². The third kappa shape index (κ3) is 4.29. The van der Waals surface area contributed by atoms with Crippen LogP contribution in [0.4, 0.5) is 0 Å². The van der Waals surface area contributed by atoms with E-state index in [9.17, 15) is 0 Å². The highest BCUT2D eigenvalue weighted by Crippen LogP contribution is 2.32. The number of rotatable bonds is 4. The van der Waals surface area contributed by atoms with E-state index in [1.807, 2.05) is 48.5 Å². The standard InChI is InChI=1S/C22H20N4O2S.HI/c23-22(26-16-11-12-27-18-7-3-1-5-15(16)18)24-13-14-9-10-19(28-14)21-25-17-6-2-4-8-20(17)29-21;/h1-10,16H,11-13H2,(H3,23,24,26);1H. The molecule has 1 atom stereocenters. The summed E-state index contributed by atoms with van der Waals surface area (Å²) in [4.78, 5) is 9.07. The number of hydrogen-bond acceptors (Lipinski definition) is 5. The number of guanidine groups is 1. The highest BCUT2D eigenvalue weighted by Gasteiger charge is 2.21. The van der Waals surface area contributed by atoms with Crippen molar-refractivity contribution in [3.05, 3.63) is 72.0 Å². The van der Waals surface area contributed by atoms with Crippen molar-refractivity contribution < 1.29 is 9.15 Å². The third-order valence-corrected chi connectivity index (χ3v) is 5.90. The lowest BCUT2D eigenvalue weighted by Gasteiger charge is -2.26. The summed E-state index contributed by atoms with van der Waals surface area (Å²) in [5.74, 6) is 2.79. The molecule has 2 aromatic carbocycles. The van der Waals surface area contributed by atoms with E-state index in [0.29, 0.717) is 19.1 Å². The lowest BCUT2D eigenvalue weighted by molar-refractivity contribution is 0.262. The summed E-state index contributed by atoms with van der Waals surface area (Å²) < 4.78 is 12.8. The summed E-state index contributed by atoms with van der Waals surface area (Å²) in [7, 11) is 0. The van der Waals surface area contributed by atoms with Crippen LogP contribution >= 0.6 is 35.3 Å². The predicted octanol–water partition coefficient (Wildman–Crippen LogP) is 5.10. The van der Waals surface area contributed by atoms with Gasteiger partial charge in [0, 0.05) is 12.0 Å². The topological polar surface area (TPSA) is 85.7 Å². The van der Waals surface area contributed by atoms with Crippen molar-refractivity contribution in [2.24, 2.45) is 10.7 Å². The first-order chi connectivity index (χ1) is 14.3. The Balaban J connectivity index is 0.00000218. The summed E-state index contributed by atoms with van der Waals surface area (Å²) in [6, 6.07) is 20.0. The molecule has 0 saturated carbocycles. The zero-order valence-electron chi connectivity index (χ0n) is 16.1. The monoisotopic (exact) mass is 532 g/mol. The highest BCUT2D eigenvalue weighted by atomic mass is 127. The first-order valence-electron chi connectivity index (χ1n) is 9.49. The van der Waals surface area contributed by atoms with Crippen molar-refractivity contribution in [2.45, 2.75) is 19.0 Å². The summed E-state index contributed by atoms with van der Waals surface area (Å²) in [5, 5.41) is 4.16. The number of hydrogen-bond donors (Lipinski definition) is 2. The van der Waals surface area contributed by atoms with Crippen molar-refractivity contribution in [2.75, 3.05) is 6.61 Å². The Hall–Kier alpha value is -2.59. The van der Waals surface area contributed by atoms with E-state index in [1.165, 1.54) is 0 Å². The average molecular weight is 532 g/mol. The fraction of sp³-hybridized carbons (Fsp3) is 0.182. The van der Waals surface area contributed by atoms with Gasteiger partial charge in [-0.25, -0.2) is 9.98 Å². The van der Waals surface area contributed by atoms with E-state index in [0.717, 1.165) is 44.5 Å².